The number of hydrogen-bond acceptors (Lipinski definition) is 6. The Morgan fingerprint density at radius 3 is 1.23 bits per heavy atom. The molecule has 1 heterocycles. The first-order valence-electron chi connectivity index (χ1n) is 12.2. The van der Waals surface area contributed by atoms with Gasteiger partial charge in [0.15, 0.2) is 0 Å². The van der Waals surface area contributed by atoms with Gasteiger partial charge in [-0.15, -0.1) is 12.4 Å². The third kappa shape index (κ3) is 8.83. The molecule has 1 fully saturated rings. The first kappa shape index (κ1) is 27.5. The number of halogens is 1. The molecule has 0 aromatic heterocycles. The van der Waals surface area contributed by atoms with Gasteiger partial charge in [-0.1, -0.05) is 0 Å². The summed E-state index contributed by atoms with van der Waals surface area (Å²) in [6.07, 6.45) is 3.14. The second kappa shape index (κ2) is 15.1. The Morgan fingerprint density at radius 1 is 0.514 bits per heavy atom. The zero-order chi connectivity index (χ0) is 23.3. The van der Waals surface area contributed by atoms with E-state index in [0.717, 1.165) is 75.8 Å². The summed E-state index contributed by atoms with van der Waals surface area (Å²) in [6.45, 7) is 5.63. The number of para-hydroxylation sites is 3. The van der Waals surface area contributed by atoms with Crippen LogP contribution in [0.25, 0.3) is 0 Å². The van der Waals surface area contributed by atoms with Gasteiger partial charge in [-0.2, -0.15) is 0 Å². The van der Waals surface area contributed by atoms with Crippen LogP contribution in [0.15, 0.2) is 91.0 Å². The molecule has 188 valence electrons. The van der Waals surface area contributed by atoms with Crippen LogP contribution in [0.2, 0.25) is 0 Å². The number of rotatable bonds is 7. The summed E-state index contributed by atoms with van der Waals surface area (Å²) >= 11 is -4.16. The van der Waals surface area contributed by atoms with Gasteiger partial charge in [-0.25, -0.2) is 0 Å². The molecule has 0 atom stereocenters. The van der Waals surface area contributed by atoms with Crippen LogP contribution in [-0.4, -0.2) is 42.7 Å². The van der Waals surface area contributed by atoms with Crippen molar-refractivity contribution in [2.75, 3.05) is 39.3 Å². The van der Waals surface area contributed by atoms with Crippen molar-refractivity contribution in [2.24, 2.45) is 0 Å². The van der Waals surface area contributed by atoms with Crippen molar-refractivity contribution in [3.05, 3.63) is 91.0 Å². The molecule has 2 N–H and O–H groups in total. The molecule has 3 aromatic rings. The zero-order valence-corrected chi connectivity index (χ0v) is 22.5. The van der Waals surface area contributed by atoms with E-state index in [1.807, 2.05) is 91.0 Å². The van der Waals surface area contributed by atoms with Crippen molar-refractivity contribution in [3.8, 4) is 17.2 Å². The van der Waals surface area contributed by atoms with Crippen molar-refractivity contribution in [1.29, 1.82) is 0 Å². The summed E-state index contributed by atoms with van der Waals surface area (Å²) in [4.78, 5) is 0. The van der Waals surface area contributed by atoms with Gasteiger partial charge in [0.25, 0.3) is 0 Å². The zero-order valence-electron chi connectivity index (χ0n) is 20.1. The molecule has 3 aromatic carbocycles. The molecule has 0 aliphatic carbocycles. The Hall–Kier alpha value is -2.06. The fraction of sp³-hybridized carbons (Fsp3) is 0.333. The summed E-state index contributed by atoms with van der Waals surface area (Å²) < 4.78 is 22.8. The van der Waals surface area contributed by atoms with E-state index < -0.39 is 18.0 Å². The average Bonchev–Trinajstić information content (AvgIpc) is 2.86. The van der Waals surface area contributed by atoms with Crippen molar-refractivity contribution in [3.63, 3.8) is 0 Å². The monoisotopic (exact) mass is 533 g/mol. The number of nitrogens with one attached hydrogen (secondary N) is 2. The Labute approximate surface area is 220 Å². The molecule has 1 aliphatic heterocycles. The van der Waals surface area contributed by atoms with E-state index in [1.165, 1.54) is 0 Å². The Morgan fingerprint density at radius 2 is 0.857 bits per heavy atom. The summed E-state index contributed by atoms with van der Waals surface area (Å²) in [6, 6.07) is 29.7. The molecule has 0 radical (unpaired) electrons. The Kier molecular flexibility index (Phi) is 11.9. The first-order valence-corrected chi connectivity index (χ1v) is 14.8. The van der Waals surface area contributed by atoms with Crippen LogP contribution in [-0.2, 0) is 18.0 Å². The Balaban J connectivity index is 0.00000342. The van der Waals surface area contributed by atoms with Crippen LogP contribution in [0.3, 0.4) is 0 Å². The number of nitrogens with zero attached hydrogens (tertiary/aromatic N) is 1. The molecule has 8 heteroatoms. The molecule has 0 bridgehead atoms. The van der Waals surface area contributed by atoms with Crippen molar-refractivity contribution in [1.82, 2.24) is 14.0 Å². The van der Waals surface area contributed by atoms with Crippen molar-refractivity contribution < 1.29 is 28.0 Å². The van der Waals surface area contributed by atoms with Gasteiger partial charge >= 0.3 is 209 Å². The van der Waals surface area contributed by atoms with Crippen molar-refractivity contribution >= 4 is 12.4 Å². The van der Waals surface area contributed by atoms with Gasteiger partial charge in [0.05, 0.1) is 0 Å². The van der Waals surface area contributed by atoms with Crippen LogP contribution in [0.4, 0.5) is 0 Å². The van der Waals surface area contributed by atoms with Gasteiger partial charge in [-0.3, -0.25) is 0 Å². The Bertz CT molecular complexity index is 840. The molecule has 35 heavy (non-hydrogen) atoms. The normalized spacial score (nSPS) is 16.1. The van der Waals surface area contributed by atoms with Crippen LogP contribution in [0.5, 0.6) is 17.2 Å². The van der Waals surface area contributed by atoms with E-state index in [0.29, 0.717) is 0 Å². The van der Waals surface area contributed by atoms with E-state index in [2.05, 4.69) is 14.0 Å². The minimum absolute atomic E-state index is 0. The van der Waals surface area contributed by atoms with Crippen LogP contribution in [0.1, 0.15) is 19.3 Å². The second-order valence-electron chi connectivity index (χ2n) is 8.32. The fourth-order valence-electron chi connectivity index (χ4n) is 3.93. The van der Waals surface area contributed by atoms with E-state index in [4.69, 9.17) is 9.96 Å². The summed E-state index contributed by atoms with van der Waals surface area (Å²) in [5.74, 6) is 2.28. The van der Waals surface area contributed by atoms with Gasteiger partial charge in [0, 0.05) is 0 Å². The topological polar surface area (TPSA) is 55.0 Å². The predicted molar refractivity (Wildman–Crippen MR) is 140 cm³/mol. The van der Waals surface area contributed by atoms with Gasteiger partial charge < -0.3 is 0 Å². The predicted octanol–water partition coefficient (Wildman–Crippen LogP) is 5.12. The molecule has 1 aliphatic rings. The molecule has 4 rings (SSSR count). The molecular weight excluding hydrogens is 498 g/mol. The second-order valence-corrected chi connectivity index (χ2v) is 11.9. The van der Waals surface area contributed by atoms with E-state index >= 15 is 0 Å². The van der Waals surface area contributed by atoms with Crippen LogP contribution in [0, 0.1) is 0 Å². The fourth-order valence-corrected chi connectivity index (χ4v) is 8.11. The molecule has 0 unspecified atom stereocenters. The SMILES string of the molecule is Cl.c1ccc([O][Ti]([O]c2ccccc2)([O]c2ccccc2)[N]2CCCNCCCNCCC2)cc1. The summed E-state index contributed by atoms with van der Waals surface area (Å²) in [7, 11) is 0. The minimum atomic E-state index is -4.16. The maximum absolute atomic E-state index is 6.80. The van der Waals surface area contributed by atoms with Gasteiger partial charge in [-0.05, 0) is 0 Å². The third-order valence-corrected chi connectivity index (χ3v) is 9.85. The first-order chi connectivity index (χ1) is 16.8. The van der Waals surface area contributed by atoms with E-state index in [1.54, 1.807) is 0 Å². The molecule has 1 saturated heterocycles. The van der Waals surface area contributed by atoms with Gasteiger partial charge in [0.2, 0.25) is 0 Å². The summed E-state index contributed by atoms with van der Waals surface area (Å²) in [5.41, 5.74) is 0. The molecule has 0 spiro atoms. The standard InChI is InChI=1S/C9H20N3.3C6H6O.ClH.Ti/c1-4-10-6-2-8-12-9-3-7-11-5-1;3*7-6-4-2-1-3-5-6;;/h10-11H,1-9H2;3*1-5,7H;1H;/q-1;;;;;+4/p-3. The van der Waals surface area contributed by atoms with E-state index in [-0.39, 0.29) is 12.4 Å². The molecule has 6 nitrogen and oxygen atoms in total. The van der Waals surface area contributed by atoms with Crippen molar-refractivity contribution in [2.45, 2.75) is 19.3 Å². The maximum atomic E-state index is 6.80. The number of hydrogen-bond donors (Lipinski definition) is 2. The quantitative estimate of drug-likeness (QED) is 0.411. The molecule has 0 amide bonds. The summed E-state index contributed by atoms with van der Waals surface area (Å²) in [5, 5.41) is 7.11. The van der Waals surface area contributed by atoms with Gasteiger partial charge in [0.1, 0.15) is 0 Å². The van der Waals surface area contributed by atoms with Crippen LogP contribution >= 0.6 is 12.4 Å². The number of benzene rings is 3. The molecular formula is C27H36ClN3O3Ti. The third-order valence-electron chi connectivity index (χ3n) is 5.63. The average molecular weight is 534 g/mol. The molecule has 0 saturated carbocycles. The van der Waals surface area contributed by atoms with Crippen LogP contribution < -0.4 is 20.6 Å². The van der Waals surface area contributed by atoms with E-state index in [9.17, 15) is 0 Å².